The summed E-state index contributed by atoms with van der Waals surface area (Å²) < 4.78 is 0. The molecule has 0 spiro atoms. The molecule has 25 heavy (non-hydrogen) atoms. The van der Waals surface area contributed by atoms with Gasteiger partial charge in [-0.3, -0.25) is 14.5 Å². The van der Waals surface area contributed by atoms with Crippen molar-refractivity contribution in [3.05, 3.63) is 47.0 Å². The molecule has 126 valence electrons. The SMILES string of the molecule is CC(=O)N(c1ccccc1)c1nc(/C=C(/C#N)C(=O)NC2CC2)cs1. The molecule has 0 bridgehead atoms. The molecule has 7 heteroatoms. The number of carbonyl (C=O) groups excluding carboxylic acids is 2. The molecular formula is C18H16N4O2S. The molecule has 6 nitrogen and oxygen atoms in total. The van der Waals surface area contributed by atoms with Crippen LogP contribution in [0.1, 0.15) is 25.5 Å². The minimum atomic E-state index is -0.383. The van der Waals surface area contributed by atoms with Crippen LogP contribution in [-0.2, 0) is 9.59 Å². The van der Waals surface area contributed by atoms with Gasteiger partial charge < -0.3 is 5.32 Å². The third-order valence-corrected chi connectivity index (χ3v) is 4.44. The number of aromatic nitrogens is 1. The first-order chi connectivity index (χ1) is 12.1. The zero-order valence-corrected chi connectivity index (χ0v) is 14.4. The molecule has 1 N–H and O–H groups in total. The van der Waals surface area contributed by atoms with Crippen molar-refractivity contribution >= 4 is 40.0 Å². The maximum absolute atomic E-state index is 12.0. The van der Waals surface area contributed by atoms with Gasteiger partial charge in [-0.05, 0) is 31.1 Å². The molecule has 2 aromatic rings. The molecule has 1 aliphatic rings. The van der Waals surface area contributed by atoms with E-state index in [1.165, 1.54) is 29.2 Å². The predicted molar refractivity (Wildman–Crippen MR) is 96.1 cm³/mol. The summed E-state index contributed by atoms with van der Waals surface area (Å²) >= 11 is 1.28. The van der Waals surface area contributed by atoms with Gasteiger partial charge in [0.25, 0.3) is 5.91 Å². The summed E-state index contributed by atoms with van der Waals surface area (Å²) in [6, 6.07) is 11.3. The predicted octanol–water partition coefficient (Wildman–Crippen LogP) is 3.01. The van der Waals surface area contributed by atoms with Crippen LogP contribution in [0.3, 0.4) is 0 Å². The van der Waals surface area contributed by atoms with E-state index in [0.717, 1.165) is 12.8 Å². The van der Waals surface area contributed by atoms with Crippen molar-refractivity contribution in [3.8, 4) is 6.07 Å². The van der Waals surface area contributed by atoms with Crippen LogP contribution >= 0.6 is 11.3 Å². The van der Waals surface area contributed by atoms with Crippen molar-refractivity contribution in [1.82, 2.24) is 10.3 Å². The highest BCUT2D eigenvalue weighted by Crippen LogP contribution is 2.29. The second-order valence-electron chi connectivity index (χ2n) is 5.66. The molecule has 1 aromatic heterocycles. The summed E-state index contributed by atoms with van der Waals surface area (Å²) in [4.78, 5) is 29.9. The van der Waals surface area contributed by atoms with Crippen molar-refractivity contribution in [1.29, 1.82) is 5.26 Å². The van der Waals surface area contributed by atoms with E-state index in [2.05, 4.69) is 10.3 Å². The van der Waals surface area contributed by atoms with Gasteiger partial charge >= 0.3 is 0 Å². The number of hydrogen-bond acceptors (Lipinski definition) is 5. The van der Waals surface area contributed by atoms with Gasteiger partial charge in [0.2, 0.25) is 5.91 Å². The highest BCUT2D eigenvalue weighted by atomic mass is 32.1. The zero-order chi connectivity index (χ0) is 17.8. The Kier molecular flexibility index (Phi) is 4.91. The Morgan fingerprint density at radius 1 is 1.36 bits per heavy atom. The molecular weight excluding hydrogens is 336 g/mol. The molecule has 0 unspecified atom stereocenters. The highest BCUT2D eigenvalue weighted by molar-refractivity contribution is 7.14. The lowest BCUT2D eigenvalue weighted by molar-refractivity contribution is -0.117. The number of para-hydroxylation sites is 1. The first kappa shape index (κ1) is 16.9. The number of nitrogens with zero attached hydrogens (tertiary/aromatic N) is 3. The number of anilines is 2. The second-order valence-corrected chi connectivity index (χ2v) is 6.50. The molecule has 0 saturated heterocycles. The summed E-state index contributed by atoms with van der Waals surface area (Å²) in [6.45, 7) is 1.47. The number of nitriles is 1. The Balaban J connectivity index is 1.85. The van der Waals surface area contributed by atoms with E-state index in [9.17, 15) is 14.9 Å². The number of hydrogen-bond donors (Lipinski definition) is 1. The highest BCUT2D eigenvalue weighted by Gasteiger charge is 2.25. The van der Waals surface area contributed by atoms with Gasteiger partial charge in [0.1, 0.15) is 11.6 Å². The maximum atomic E-state index is 12.0. The van der Waals surface area contributed by atoms with Gasteiger partial charge in [-0.1, -0.05) is 18.2 Å². The summed E-state index contributed by atoms with van der Waals surface area (Å²) in [5, 5.41) is 14.2. The van der Waals surface area contributed by atoms with Gasteiger partial charge in [-0.15, -0.1) is 11.3 Å². The van der Waals surface area contributed by atoms with Crippen molar-refractivity contribution in [2.75, 3.05) is 4.90 Å². The molecule has 1 aromatic carbocycles. The van der Waals surface area contributed by atoms with Crippen LogP contribution in [-0.4, -0.2) is 22.8 Å². The Hall–Kier alpha value is -2.98. The largest absolute Gasteiger partial charge is 0.349 e. The van der Waals surface area contributed by atoms with Gasteiger partial charge in [0.05, 0.1) is 11.4 Å². The third kappa shape index (κ3) is 4.11. The molecule has 1 heterocycles. The van der Waals surface area contributed by atoms with Crippen LogP contribution in [0, 0.1) is 11.3 Å². The van der Waals surface area contributed by atoms with Gasteiger partial charge in [0, 0.05) is 18.3 Å². The van der Waals surface area contributed by atoms with Crippen molar-refractivity contribution < 1.29 is 9.59 Å². The number of carbonyl (C=O) groups is 2. The van der Waals surface area contributed by atoms with Gasteiger partial charge in [0.15, 0.2) is 5.13 Å². The standard InChI is InChI=1S/C18H16N4O2S/c1-12(23)22(16-5-3-2-4-6-16)18-21-15(11-25-18)9-13(10-19)17(24)20-14-7-8-14/h2-6,9,11,14H,7-8H2,1H3,(H,20,24)/b13-9-. The maximum Gasteiger partial charge on any atom is 0.262 e. The molecule has 1 fully saturated rings. The number of benzene rings is 1. The molecule has 3 rings (SSSR count). The lowest BCUT2D eigenvalue weighted by atomic mass is 10.2. The number of rotatable bonds is 5. The molecule has 1 saturated carbocycles. The molecule has 1 aliphatic carbocycles. The van der Waals surface area contributed by atoms with E-state index in [0.29, 0.717) is 16.5 Å². The molecule has 2 amide bonds. The van der Waals surface area contributed by atoms with E-state index in [4.69, 9.17) is 0 Å². The first-order valence-corrected chi connectivity index (χ1v) is 8.70. The van der Waals surface area contributed by atoms with E-state index in [-0.39, 0.29) is 23.4 Å². The molecule has 0 radical (unpaired) electrons. The number of amides is 2. The van der Waals surface area contributed by atoms with Crippen LogP contribution in [0.5, 0.6) is 0 Å². The number of nitrogens with one attached hydrogen (secondary N) is 1. The summed E-state index contributed by atoms with van der Waals surface area (Å²) in [5.41, 5.74) is 1.20. The van der Waals surface area contributed by atoms with E-state index < -0.39 is 0 Å². The summed E-state index contributed by atoms with van der Waals surface area (Å²) in [6.07, 6.45) is 3.35. The summed E-state index contributed by atoms with van der Waals surface area (Å²) in [7, 11) is 0. The van der Waals surface area contributed by atoms with Crippen LogP contribution < -0.4 is 10.2 Å². The van der Waals surface area contributed by atoms with E-state index in [1.807, 2.05) is 36.4 Å². The fraction of sp³-hybridized carbons (Fsp3) is 0.222. The van der Waals surface area contributed by atoms with Crippen LogP contribution in [0.15, 0.2) is 41.3 Å². The van der Waals surface area contributed by atoms with Gasteiger partial charge in [-0.25, -0.2) is 4.98 Å². The van der Waals surface area contributed by atoms with E-state index >= 15 is 0 Å². The quantitative estimate of drug-likeness (QED) is 0.662. The average Bonchev–Trinajstić information content (AvgIpc) is 3.30. The van der Waals surface area contributed by atoms with Crippen LogP contribution in [0.25, 0.3) is 6.08 Å². The second kappa shape index (κ2) is 7.28. The third-order valence-electron chi connectivity index (χ3n) is 3.60. The fourth-order valence-electron chi connectivity index (χ4n) is 2.24. The van der Waals surface area contributed by atoms with Gasteiger partial charge in [-0.2, -0.15) is 5.26 Å². The normalized spacial score (nSPS) is 13.8. The smallest absolute Gasteiger partial charge is 0.262 e. The topological polar surface area (TPSA) is 86.1 Å². The van der Waals surface area contributed by atoms with Crippen molar-refractivity contribution in [2.24, 2.45) is 0 Å². The average molecular weight is 352 g/mol. The fourth-order valence-corrected chi connectivity index (χ4v) is 3.08. The molecule has 0 atom stereocenters. The monoisotopic (exact) mass is 352 g/mol. The van der Waals surface area contributed by atoms with Crippen LogP contribution in [0.2, 0.25) is 0 Å². The number of thiazole rings is 1. The minimum Gasteiger partial charge on any atom is -0.349 e. The summed E-state index contributed by atoms with van der Waals surface area (Å²) in [5.74, 6) is -0.547. The van der Waals surface area contributed by atoms with Crippen molar-refractivity contribution in [3.63, 3.8) is 0 Å². The van der Waals surface area contributed by atoms with Crippen molar-refractivity contribution in [2.45, 2.75) is 25.8 Å². The Labute approximate surface area is 149 Å². The lowest BCUT2D eigenvalue weighted by Gasteiger charge is -2.17. The minimum absolute atomic E-state index is 0.0119. The Morgan fingerprint density at radius 2 is 2.08 bits per heavy atom. The lowest BCUT2D eigenvalue weighted by Crippen LogP contribution is -2.26. The zero-order valence-electron chi connectivity index (χ0n) is 13.6. The molecule has 0 aliphatic heterocycles. The van der Waals surface area contributed by atoms with Crippen LogP contribution in [0.4, 0.5) is 10.8 Å². The van der Waals surface area contributed by atoms with E-state index in [1.54, 1.807) is 5.38 Å². The Bertz CT molecular complexity index is 863. The Morgan fingerprint density at radius 3 is 2.68 bits per heavy atom. The first-order valence-electron chi connectivity index (χ1n) is 7.82.